The van der Waals surface area contributed by atoms with Crippen molar-refractivity contribution in [1.29, 1.82) is 0 Å². The van der Waals surface area contributed by atoms with Gasteiger partial charge in [-0.3, -0.25) is 9.52 Å². The van der Waals surface area contributed by atoms with Gasteiger partial charge in [0.2, 0.25) is 0 Å². The Morgan fingerprint density at radius 2 is 1.61 bits per heavy atom. The molecule has 0 radical (unpaired) electrons. The second-order valence-corrected chi connectivity index (χ2v) is 9.14. The third-order valence-corrected chi connectivity index (χ3v) is 6.69. The fraction of sp³-hybridized carbons (Fsp3) is 0.167. The van der Waals surface area contributed by atoms with Gasteiger partial charge in [0.05, 0.1) is 15.9 Å². The smallest absolute Gasteiger partial charge is 0.261 e. The first kappa shape index (κ1) is 20.8. The van der Waals surface area contributed by atoms with Gasteiger partial charge in [0, 0.05) is 24.7 Å². The van der Waals surface area contributed by atoms with Gasteiger partial charge < -0.3 is 4.57 Å². The van der Waals surface area contributed by atoms with Crippen LogP contribution in [0.15, 0.2) is 77.7 Å². The first-order valence-electron chi connectivity index (χ1n) is 9.96. The fourth-order valence-corrected chi connectivity index (χ4v) is 4.56. The maximum Gasteiger partial charge on any atom is 0.261 e. The molecule has 31 heavy (non-hydrogen) atoms. The number of hydrogen-bond donors (Lipinski definition) is 1. The molecule has 1 aromatic heterocycles. The molecule has 0 atom stereocenters. The summed E-state index contributed by atoms with van der Waals surface area (Å²) in [5.41, 5.74) is 4.16. The Kier molecular flexibility index (Phi) is 5.61. The van der Waals surface area contributed by atoms with Crippen molar-refractivity contribution in [3.05, 3.63) is 89.7 Å². The van der Waals surface area contributed by atoms with Gasteiger partial charge in [-0.2, -0.15) is 0 Å². The van der Waals surface area contributed by atoms with E-state index in [1.54, 1.807) is 12.1 Å². The van der Waals surface area contributed by atoms with Gasteiger partial charge in [-0.25, -0.2) is 13.4 Å². The van der Waals surface area contributed by atoms with Crippen LogP contribution in [0.2, 0.25) is 0 Å². The number of sulfonamides is 1. The molecule has 0 saturated carbocycles. The van der Waals surface area contributed by atoms with Gasteiger partial charge >= 0.3 is 0 Å². The number of carbonyl (C=O) groups excluding carboxylic acids is 1. The molecule has 3 aromatic carbocycles. The van der Waals surface area contributed by atoms with Gasteiger partial charge in [-0.05, 0) is 55.3 Å². The summed E-state index contributed by atoms with van der Waals surface area (Å²) in [6.45, 7) is 1.44. The number of benzene rings is 3. The van der Waals surface area contributed by atoms with E-state index in [2.05, 4.69) is 15.4 Å². The summed E-state index contributed by atoms with van der Waals surface area (Å²) in [7, 11) is -1.70. The summed E-state index contributed by atoms with van der Waals surface area (Å²) in [6.07, 6.45) is 1.59. The van der Waals surface area contributed by atoms with Crippen molar-refractivity contribution < 1.29 is 13.2 Å². The van der Waals surface area contributed by atoms with Crippen LogP contribution in [0.5, 0.6) is 0 Å². The third-order valence-electron chi connectivity index (χ3n) is 5.29. The normalized spacial score (nSPS) is 11.5. The maximum atomic E-state index is 12.6. The molecule has 0 bridgehead atoms. The second-order valence-electron chi connectivity index (χ2n) is 7.46. The van der Waals surface area contributed by atoms with Gasteiger partial charge in [0.15, 0.2) is 5.78 Å². The standard InChI is InChI=1S/C24H23N3O3S/c1-17(28)19-10-14-21(15-11-19)31(29,30)26-20-12-7-18(8-13-20)9-16-24-25-22-5-3-4-6-23(22)27(24)2/h3-8,10-15,26H,9,16H2,1-2H3. The molecular weight excluding hydrogens is 410 g/mol. The van der Waals surface area contributed by atoms with Crippen LogP contribution in [0.3, 0.4) is 0 Å². The number of nitrogens with one attached hydrogen (secondary N) is 1. The van der Waals surface area contributed by atoms with E-state index in [9.17, 15) is 13.2 Å². The van der Waals surface area contributed by atoms with Crippen molar-refractivity contribution >= 4 is 32.5 Å². The van der Waals surface area contributed by atoms with Crippen LogP contribution in [0.25, 0.3) is 11.0 Å². The molecule has 6 nitrogen and oxygen atoms in total. The van der Waals surface area contributed by atoms with Crippen LogP contribution in [-0.4, -0.2) is 23.8 Å². The Morgan fingerprint density at radius 1 is 0.935 bits per heavy atom. The molecule has 0 amide bonds. The topological polar surface area (TPSA) is 81.1 Å². The average molecular weight is 434 g/mol. The number of rotatable bonds is 7. The predicted octanol–water partition coefficient (Wildman–Crippen LogP) is 4.36. The lowest BCUT2D eigenvalue weighted by Gasteiger charge is -2.09. The van der Waals surface area contributed by atoms with Crippen LogP contribution < -0.4 is 4.72 Å². The minimum atomic E-state index is -3.72. The lowest BCUT2D eigenvalue weighted by Crippen LogP contribution is -2.13. The van der Waals surface area contributed by atoms with Crippen LogP contribution in [0, 0.1) is 0 Å². The number of fused-ring (bicyclic) bond motifs is 1. The van der Waals surface area contributed by atoms with Gasteiger partial charge in [-0.1, -0.05) is 36.4 Å². The molecule has 0 spiro atoms. The van der Waals surface area contributed by atoms with E-state index < -0.39 is 10.0 Å². The summed E-state index contributed by atoms with van der Waals surface area (Å²) >= 11 is 0. The molecular formula is C24H23N3O3S. The molecule has 158 valence electrons. The van der Waals surface area contributed by atoms with E-state index in [1.807, 2.05) is 37.4 Å². The molecule has 0 aliphatic heterocycles. The van der Waals surface area contributed by atoms with Crippen molar-refractivity contribution in [2.45, 2.75) is 24.7 Å². The molecule has 7 heteroatoms. The van der Waals surface area contributed by atoms with E-state index in [4.69, 9.17) is 4.98 Å². The van der Waals surface area contributed by atoms with E-state index in [1.165, 1.54) is 31.2 Å². The highest BCUT2D eigenvalue weighted by atomic mass is 32.2. The van der Waals surface area contributed by atoms with Crippen molar-refractivity contribution in [2.24, 2.45) is 7.05 Å². The highest BCUT2D eigenvalue weighted by Gasteiger charge is 2.15. The summed E-state index contributed by atoms with van der Waals surface area (Å²) < 4.78 is 29.9. The quantitative estimate of drug-likeness (QED) is 0.439. The van der Waals surface area contributed by atoms with Crippen molar-refractivity contribution in [3.8, 4) is 0 Å². The lowest BCUT2D eigenvalue weighted by molar-refractivity contribution is 0.101. The molecule has 0 fully saturated rings. The zero-order valence-electron chi connectivity index (χ0n) is 17.4. The number of hydrogen-bond acceptors (Lipinski definition) is 4. The van der Waals surface area contributed by atoms with Crippen LogP contribution in [-0.2, 0) is 29.9 Å². The number of imidazole rings is 1. The molecule has 0 aliphatic carbocycles. The second kappa shape index (κ2) is 8.35. The highest BCUT2D eigenvalue weighted by molar-refractivity contribution is 7.92. The number of Topliss-reactive ketones (excluding diaryl/α,β-unsaturated/α-hetero) is 1. The minimum absolute atomic E-state index is 0.105. The number of aryl methyl sites for hydroxylation is 3. The first-order valence-corrected chi connectivity index (χ1v) is 11.4. The Labute approximate surface area is 181 Å². The van der Waals surface area contributed by atoms with Gasteiger partial charge in [-0.15, -0.1) is 0 Å². The fourth-order valence-electron chi connectivity index (χ4n) is 3.50. The number of anilines is 1. The van der Waals surface area contributed by atoms with Gasteiger partial charge in [0.1, 0.15) is 5.82 Å². The van der Waals surface area contributed by atoms with Gasteiger partial charge in [0.25, 0.3) is 10.0 Å². The van der Waals surface area contributed by atoms with Crippen molar-refractivity contribution in [3.63, 3.8) is 0 Å². The molecule has 0 aliphatic rings. The van der Waals surface area contributed by atoms with E-state index in [0.29, 0.717) is 11.3 Å². The SMILES string of the molecule is CC(=O)c1ccc(S(=O)(=O)Nc2ccc(CCc3nc4ccccc4n3C)cc2)cc1. The number of aromatic nitrogens is 2. The zero-order chi connectivity index (χ0) is 22.0. The van der Waals surface area contributed by atoms with E-state index in [-0.39, 0.29) is 10.7 Å². The van der Waals surface area contributed by atoms with Crippen LogP contribution >= 0.6 is 0 Å². The molecule has 4 aromatic rings. The average Bonchev–Trinajstić information content (AvgIpc) is 3.09. The van der Waals surface area contributed by atoms with Crippen LogP contribution in [0.1, 0.15) is 28.7 Å². The Morgan fingerprint density at radius 3 is 2.26 bits per heavy atom. The monoisotopic (exact) mass is 433 g/mol. The lowest BCUT2D eigenvalue weighted by atomic mass is 10.1. The summed E-state index contributed by atoms with van der Waals surface area (Å²) in [6, 6.07) is 21.3. The molecule has 1 N–H and O–H groups in total. The number of para-hydroxylation sites is 2. The Hall–Kier alpha value is -3.45. The van der Waals surface area contributed by atoms with Crippen molar-refractivity contribution in [1.82, 2.24) is 9.55 Å². The highest BCUT2D eigenvalue weighted by Crippen LogP contribution is 2.19. The number of ketones is 1. The zero-order valence-corrected chi connectivity index (χ0v) is 18.2. The number of carbonyl (C=O) groups is 1. The Bertz CT molecular complexity index is 1340. The number of nitrogens with zero attached hydrogens (tertiary/aromatic N) is 2. The molecule has 1 heterocycles. The molecule has 0 unspecified atom stereocenters. The van der Waals surface area contributed by atoms with Crippen molar-refractivity contribution in [2.75, 3.05) is 4.72 Å². The maximum absolute atomic E-state index is 12.6. The first-order chi connectivity index (χ1) is 14.8. The van der Waals surface area contributed by atoms with E-state index >= 15 is 0 Å². The minimum Gasteiger partial charge on any atom is -0.331 e. The largest absolute Gasteiger partial charge is 0.331 e. The summed E-state index contributed by atoms with van der Waals surface area (Å²) in [5.74, 6) is 0.908. The summed E-state index contributed by atoms with van der Waals surface area (Å²) in [5, 5.41) is 0. The summed E-state index contributed by atoms with van der Waals surface area (Å²) in [4.78, 5) is 16.2. The third kappa shape index (κ3) is 4.51. The molecule has 4 rings (SSSR count). The van der Waals surface area contributed by atoms with E-state index in [0.717, 1.165) is 35.3 Å². The van der Waals surface area contributed by atoms with Crippen LogP contribution in [0.4, 0.5) is 5.69 Å². The predicted molar refractivity (Wildman–Crippen MR) is 122 cm³/mol. The Balaban J connectivity index is 1.42. The molecule has 0 saturated heterocycles.